The summed E-state index contributed by atoms with van der Waals surface area (Å²) in [6, 6.07) is 9.38. The third-order valence-corrected chi connectivity index (χ3v) is 4.99. The number of hydrogen-bond donors (Lipinski definition) is 0. The molecule has 0 N–H and O–H groups in total. The lowest BCUT2D eigenvalue weighted by Crippen LogP contribution is -2.35. The lowest BCUT2D eigenvalue weighted by Gasteiger charge is -2.24. The van der Waals surface area contributed by atoms with Crippen molar-refractivity contribution >= 4 is 28.7 Å². The van der Waals surface area contributed by atoms with Gasteiger partial charge in [-0.2, -0.15) is 4.98 Å². The maximum atomic E-state index is 12.6. The minimum absolute atomic E-state index is 0.0597. The molecule has 1 aliphatic carbocycles. The lowest BCUT2D eigenvalue weighted by molar-refractivity contribution is 0.0735. The summed E-state index contributed by atoms with van der Waals surface area (Å²) >= 11 is 5.92. The number of benzene rings is 1. The number of carbonyl (C=O) groups is 1. The van der Waals surface area contributed by atoms with Crippen molar-refractivity contribution in [3.63, 3.8) is 0 Å². The molecule has 25 heavy (non-hydrogen) atoms. The summed E-state index contributed by atoms with van der Waals surface area (Å²) in [5.41, 5.74) is 2.54. The molecule has 0 atom stereocenters. The zero-order valence-corrected chi connectivity index (χ0v) is 14.7. The van der Waals surface area contributed by atoms with Crippen LogP contribution in [0.4, 0.5) is 0 Å². The van der Waals surface area contributed by atoms with Gasteiger partial charge in [0.05, 0.1) is 5.02 Å². The third-order valence-electron chi connectivity index (χ3n) is 4.79. The summed E-state index contributed by atoms with van der Waals surface area (Å²) in [6.07, 6.45) is 6.14. The largest absolute Gasteiger partial charge is 0.434 e. The fourth-order valence-electron chi connectivity index (χ4n) is 3.34. The van der Waals surface area contributed by atoms with Crippen LogP contribution < -0.4 is 0 Å². The predicted octanol–water partition coefficient (Wildman–Crippen LogP) is 4.56. The second kappa shape index (κ2) is 6.48. The zero-order valence-electron chi connectivity index (χ0n) is 13.9. The number of pyridine rings is 1. The monoisotopic (exact) mass is 355 g/mol. The van der Waals surface area contributed by atoms with E-state index in [1.165, 1.54) is 19.0 Å². The third kappa shape index (κ3) is 3.12. The highest BCUT2D eigenvalue weighted by Crippen LogP contribution is 2.26. The van der Waals surface area contributed by atoms with Crippen LogP contribution in [0.2, 0.25) is 5.02 Å². The van der Waals surface area contributed by atoms with E-state index in [4.69, 9.17) is 16.0 Å². The van der Waals surface area contributed by atoms with Gasteiger partial charge in [-0.3, -0.25) is 4.79 Å². The van der Waals surface area contributed by atoms with Crippen molar-refractivity contribution in [2.24, 2.45) is 0 Å². The Hall–Kier alpha value is -2.40. The highest BCUT2D eigenvalue weighted by Gasteiger charge is 2.24. The Morgan fingerprint density at radius 3 is 2.68 bits per heavy atom. The molecule has 2 heterocycles. The molecular weight excluding hydrogens is 338 g/mol. The number of hydrogen-bond acceptors (Lipinski definition) is 4. The Bertz CT molecular complexity index is 914. The number of aromatic nitrogens is 2. The number of fused-ring (bicyclic) bond motifs is 1. The van der Waals surface area contributed by atoms with E-state index in [2.05, 4.69) is 9.97 Å². The molecular formula is C19H18ClN3O2. The van der Waals surface area contributed by atoms with Gasteiger partial charge in [0.1, 0.15) is 0 Å². The molecule has 1 aliphatic rings. The Morgan fingerprint density at radius 2 is 1.96 bits per heavy atom. The number of halogens is 1. The van der Waals surface area contributed by atoms with E-state index in [0.29, 0.717) is 33.7 Å². The molecule has 3 aromatic rings. The molecule has 6 heteroatoms. The van der Waals surface area contributed by atoms with Crippen LogP contribution in [0.3, 0.4) is 0 Å². The predicted molar refractivity (Wildman–Crippen MR) is 96.6 cm³/mol. The molecule has 2 aromatic heterocycles. The van der Waals surface area contributed by atoms with Gasteiger partial charge < -0.3 is 9.32 Å². The van der Waals surface area contributed by atoms with Crippen LogP contribution in [-0.2, 0) is 0 Å². The Labute approximate surface area is 150 Å². The van der Waals surface area contributed by atoms with E-state index in [-0.39, 0.29) is 5.91 Å². The summed E-state index contributed by atoms with van der Waals surface area (Å²) in [6.45, 7) is 0. The second-order valence-electron chi connectivity index (χ2n) is 6.43. The molecule has 0 aliphatic heterocycles. The highest BCUT2D eigenvalue weighted by atomic mass is 35.5. The fourth-order valence-corrected chi connectivity index (χ4v) is 3.48. The van der Waals surface area contributed by atoms with Crippen molar-refractivity contribution in [1.29, 1.82) is 0 Å². The number of carbonyl (C=O) groups excluding carboxylic acids is 1. The second-order valence-corrected chi connectivity index (χ2v) is 6.86. The fraction of sp³-hybridized carbons (Fsp3) is 0.316. The molecule has 1 fully saturated rings. The van der Waals surface area contributed by atoms with Crippen molar-refractivity contribution < 1.29 is 9.21 Å². The van der Waals surface area contributed by atoms with Gasteiger partial charge in [-0.1, -0.05) is 24.4 Å². The van der Waals surface area contributed by atoms with E-state index in [1.807, 2.05) is 36.2 Å². The Morgan fingerprint density at radius 1 is 1.24 bits per heavy atom. The number of nitrogens with zero attached hydrogens (tertiary/aromatic N) is 3. The quantitative estimate of drug-likeness (QED) is 0.691. The zero-order chi connectivity index (χ0) is 17.4. The van der Waals surface area contributed by atoms with Gasteiger partial charge in [0.2, 0.25) is 5.89 Å². The topological polar surface area (TPSA) is 59.2 Å². The van der Waals surface area contributed by atoms with Gasteiger partial charge in [-0.05, 0) is 37.1 Å². The van der Waals surface area contributed by atoms with Gasteiger partial charge in [-0.15, -0.1) is 0 Å². The van der Waals surface area contributed by atoms with Crippen LogP contribution in [0.1, 0.15) is 36.0 Å². The number of oxazole rings is 1. The molecule has 4 rings (SSSR count). The molecule has 0 radical (unpaired) electrons. The van der Waals surface area contributed by atoms with Crippen molar-refractivity contribution in [3.05, 3.63) is 47.1 Å². The summed E-state index contributed by atoms with van der Waals surface area (Å²) in [7, 11) is 1.89. The minimum atomic E-state index is 0.0597. The molecule has 0 spiro atoms. The van der Waals surface area contributed by atoms with Crippen LogP contribution >= 0.6 is 11.6 Å². The number of amides is 1. The maximum Gasteiger partial charge on any atom is 0.253 e. The minimum Gasteiger partial charge on any atom is -0.434 e. The van der Waals surface area contributed by atoms with Crippen LogP contribution in [0.5, 0.6) is 0 Å². The number of rotatable bonds is 3. The average molecular weight is 356 g/mol. The van der Waals surface area contributed by atoms with Crippen molar-refractivity contribution in [2.45, 2.75) is 31.7 Å². The molecule has 5 nitrogen and oxygen atoms in total. The first-order valence-corrected chi connectivity index (χ1v) is 8.79. The molecule has 0 bridgehead atoms. The van der Waals surface area contributed by atoms with E-state index in [0.717, 1.165) is 18.4 Å². The molecule has 1 saturated carbocycles. The van der Waals surface area contributed by atoms with Crippen LogP contribution in [0.25, 0.3) is 22.7 Å². The summed E-state index contributed by atoms with van der Waals surface area (Å²) in [5.74, 6) is 0.525. The Balaban J connectivity index is 1.57. The van der Waals surface area contributed by atoms with Gasteiger partial charge in [0.15, 0.2) is 11.2 Å². The van der Waals surface area contributed by atoms with Gasteiger partial charge in [0.25, 0.3) is 5.91 Å². The first kappa shape index (κ1) is 16.1. The highest BCUT2D eigenvalue weighted by molar-refractivity contribution is 6.30. The summed E-state index contributed by atoms with van der Waals surface area (Å²) < 4.78 is 5.71. The molecule has 1 aromatic carbocycles. The molecule has 1 amide bonds. The van der Waals surface area contributed by atoms with E-state index < -0.39 is 0 Å². The van der Waals surface area contributed by atoms with Crippen molar-refractivity contribution in [1.82, 2.24) is 14.9 Å². The van der Waals surface area contributed by atoms with Crippen molar-refractivity contribution in [3.8, 4) is 11.5 Å². The first-order valence-electron chi connectivity index (χ1n) is 8.41. The van der Waals surface area contributed by atoms with E-state index >= 15 is 0 Å². The lowest BCUT2D eigenvalue weighted by atomic mass is 10.1. The normalized spacial score (nSPS) is 15.0. The molecule has 0 saturated heterocycles. The molecule has 128 valence electrons. The van der Waals surface area contributed by atoms with Gasteiger partial charge >= 0.3 is 0 Å². The SMILES string of the molecule is CN(C(=O)c1ccc(-c2nc3ncc(Cl)cc3o2)cc1)C1CCCC1. The van der Waals surface area contributed by atoms with E-state index in [1.54, 1.807) is 6.07 Å². The van der Waals surface area contributed by atoms with Crippen LogP contribution in [0.15, 0.2) is 40.9 Å². The average Bonchev–Trinajstić information content (AvgIpc) is 3.30. The first-order chi connectivity index (χ1) is 12.1. The van der Waals surface area contributed by atoms with Crippen LogP contribution in [0, 0.1) is 0 Å². The van der Waals surface area contributed by atoms with Crippen LogP contribution in [-0.4, -0.2) is 33.9 Å². The van der Waals surface area contributed by atoms with E-state index in [9.17, 15) is 4.79 Å². The maximum absolute atomic E-state index is 12.6. The summed E-state index contributed by atoms with van der Waals surface area (Å²) in [5, 5.41) is 0.506. The standard InChI is InChI=1S/C19H18ClN3O2/c1-23(15-4-2-3-5-15)19(24)13-8-6-12(7-9-13)18-22-17-16(25-18)10-14(20)11-21-17/h6-11,15H,2-5H2,1H3. The Kier molecular flexibility index (Phi) is 4.17. The van der Waals surface area contributed by atoms with Gasteiger partial charge in [-0.25, -0.2) is 4.98 Å². The molecule has 0 unspecified atom stereocenters. The smallest absolute Gasteiger partial charge is 0.253 e. The van der Waals surface area contributed by atoms with Gasteiger partial charge in [0, 0.05) is 36.5 Å². The van der Waals surface area contributed by atoms with Crippen molar-refractivity contribution in [2.75, 3.05) is 7.05 Å². The summed E-state index contributed by atoms with van der Waals surface area (Å²) in [4.78, 5) is 23.0.